The van der Waals surface area contributed by atoms with Crippen LogP contribution in [0.15, 0.2) is 42.7 Å². The van der Waals surface area contributed by atoms with E-state index in [1.807, 2.05) is 30.1 Å². The van der Waals surface area contributed by atoms with Gasteiger partial charge in [0, 0.05) is 52.4 Å². The van der Waals surface area contributed by atoms with Crippen molar-refractivity contribution in [2.45, 2.75) is 25.2 Å². The quantitative estimate of drug-likeness (QED) is 0.569. The third kappa shape index (κ3) is 3.99. The van der Waals surface area contributed by atoms with Gasteiger partial charge < -0.3 is 20.5 Å². The zero-order chi connectivity index (χ0) is 23.1. The molecule has 1 unspecified atom stereocenters. The summed E-state index contributed by atoms with van der Waals surface area (Å²) in [6, 6.07) is 12.1. The second kappa shape index (κ2) is 8.78. The van der Waals surface area contributed by atoms with Crippen LogP contribution in [0.4, 0.5) is 10.1 Å². The number of benzene rings is 2. The van der Waals surface area contributed by atoms with Crippen LogP contribution in [0.5, 0.6) is 0 Å². The summed E-state index contributed by atoms with van der Waals surface area (Å²) >= 11 is 0. The summed E-state index contributed by atoms with van der Waals surface area (Å²) in [6.45, 7) is 2.57. The molecule has 5 rings (SSSR count). The number of piperidine rings is 1. The topological polar surface area (TPSA) is 74.4 Å². The van der Waals surface area contributed by atoms with E-state index >= 15 is 0 Å². The average Bonchev–Trinajstić information content (AvgIpc) is 3.19. The van der Waals surface area contributed by atoms with Crippen LogP contribution >= 0.6 is 0 Å². The molecule has 2 aliphatic rings. The molecule has 1 atom stereocenters. The maximum atomic E-state index is 14.8. The van der Waals surface area contributed by atoms with E-state index in [0.29, 0.717) is 12.2 Å². The molecule has 8 heteroatoms. The Balaban J connectivity index is 1.60. The van der Waals surface area contributed by atoms with Crippen molar-refractivity contribution in [1.82, 2.24) is 24.7 Å². The van der Waals surface area contributed by atoms with Crippen LogP contribution < -0.4 is 16.4 Å². The van der Waals surface area contributed by atoms with Gasteiger partial charge in [0.05, 0.1) is 28.7 Å². The van der Waals surface area contributed by atoms with Crippen molar-refractivity contribution < 1.29 is 4.39 Å². The SMILES string of the molecule is CNc1ccc(C2=C(c3ccc4c(c3)ncn4C)CNC(N3CCC(N)CC3)N2C)cc1F. The molecule has 1 fully saturated rings. The molecule has 0 saturated carbocycles. The van der Waals surface area contributed by atoms with Crippen molar-refractivity contribution in [3.8, 4) is 0 Å². The first kappa shape index (κ1) is 21.9. The highest BCUT2D eigenvalue weighted by molar-refractivity contribution is 5.94. The van der Waals surface area contributed by atoms with E-state index in [4.69, 9.17) is 5.73 Å². The summed E-state index contributed by atoms with van der Waals surface area (Å²) in [5, 5.41) is 6.63. The van der Waals surface area contributed by atoms with Gasteiger partial charge in [-0.25, -0.2) is 9.37 Å². The van der Waals surface area contributed by atoms with Crippen LogP contribution in [-0.2, 0) is 7.05 Å². The van der Waals surface area contributed by atoms with Gasteiger partial charge in [-0.05, 0) is 48.2 Å². The molecule has 0 spiro atoms. The molecule has 3 aromatic rings. The number of halogens is 1. The summed E-state index contributed by atoms with van der Waals surface area (Å²) < 4.78 is 16.8. The number of rotatable bonds is 4. The van der Waals surface area contributed by atoms with E-state index in [0.717, 1.165) is 59.4 Å². The highest BCUT2D eigenvalue weighted by Crippen LogP contribution is 2.35. The Hall–Kier alpha value is -2.94. The molecule has 4 N–H and O–H groups in total. The third-order valence-corrected chi connectivity index (χ3v) is 6.97. The number of fused-ring (bicyclic) bond motifs is 1. The van der Waals surface area contributed by atoms with Crippen LogP contribution in [0.2, 0.25) is 0 Å². The summed E-state index contributed by atoms with van der Waals surface area (Å²) in [5.74, 6) is -0.255. The predicted octanol–water partition coefficient (Wildman–Crippen LogP) is 2.86. The molecule has 33 heavy (non-hydrogen) atoms. The van der Waals surface area contributed by atoms with Crippen molar-refractivity contribution in [1.29, 1.82) is 0 Å². The fourth-order valence-corrected chi connectivity index (χ4v) is 5.09. The van der Waals surface area contributed by atoms with E-state index in [1.165, 1.54) is 0 Å². The van der Waals surface area contributed by atoms with Gasteiger partial charge in [0.1, 0.15) is 12.1 Å². The lowest BCUT2D eigenvalue weighted by molar-refractivity contribution is 0.0491. The third-order valence-electron chi connectivity index (χ3n) is 6.97. The minimum Gasteiger partial charge on any atom is -0.386 e. The van der Waals surface area contributed by atoms with E-state index in [9.17, 15) is 4.39 Å². The first-order chi connectivity index (χ1) is 16.0. The number of aromatic nitrogens is 2. The standard InChI is InChI=1S/C25H32FN7/c1-28-21-6-4-17(12-20(21)26)24-19(16-5-7-23-22(13-16)30-15-31(23)2)14-29-25(32(24)3)33-10-8-18(27)9-11-33/h4-7,12-13,15,18,25,28-29H,8-11,14,27H2,1-3H3. The van der Waals surface area contributed by atoms with Crippen LogP contribution in [0, 0.1) is 5.82 Å². The molecule has 1 aromatic heterocycles. The molecule has 0 radical (unpaired) electrons. The second-order valence-corrected chi connectivity index (χ2v) is 9.07. The number of nitrogens with one attached hydrogen (secondary N) is 2. The highest BCUT2D eigenvalue weighted by Gasteiger charge is 2.33. The van der Waals surface area contributed by atoms with Crippen LogP contribution in [0.1, 0.15) is 24.0 Å². The van der Waals surface area contributed by atoms with Gasteiger partial charge in [0.2, 0.25) is 0 Å². The normalized spacial score (nSPS) is 20.6. The van der Waals surface area contributed by atoms with Gasteiger partial charge in [-0.1, -0.05) is 12.1 Å². The number of hydrogen-bond donors (Lipinski definition) is 3. The van der Waals surface area contributed by atoms with Gasteiger partial charge >= 0.3 is 0 Å². The molecule has 7 nitrogen and oxygen atoms in total. The zero-order valence-corrected chi connectivity index (χ0v) is 19.5. The first-order valence-corrected chi connectivity index (χ1v) is 11.5. The molecule has 2 aliphatic heterocycles. The number of aryl methyl sites for hydroxylation is 1. The van der Waals surface area contributed by atoms with Gasteiger partial charge in [-0.15, -0.1) is 0 Å². The Morgan fingerprint density at radius 1 is 1.09 bits per heavy atom. The van der Waals surface area contributed by atoms with Crippen molar-refractivity contribution >= 4 is 28.0 Å². The Kier molecular flexibility index (Phi) is 5.82. The molecular formula is C25H32FN7. The molecule has 174 valence electrons. The molecule has 0 aliphatic carbocycles. The molecule has 0 amide bonds. The van der Waals surface area contributed by atoms with Crippen molar-refractivity contribution in [3.63, 3.8) is 0 Å². The summed E-state index contributed by atoms with van der Waals surface area (Å²) in [7, 11) is 5.82. The first-order valence-electron chi connectivity index (χ1n) is 11.5. The van der Waals surface area contributed by atoms with Crippen LogP contribution in [0.25, 0.3) is 22.3 Å². The van der Waals surface area contributed by atoms with E-state index in [1.54, 1.807) is 13.1 Å². The molecule has 3 heterocycles. The van der Waals surface area contributed by atoms with E-state index in [2.05, 4.69) is 50.7 Å². The highest BCUT2D eigenvalue weighted by atomic mass is 19.1. The number of anilines is 1. The van der Waals surface area contributed by atoms with Gasteiger partial charge in [0.25, 0.3) is 0 Å². The van der Waals surface area contributed by atoms with Crippen molar-refractivity contribution in [2.24, 2.45) is 12.8 Å². The second-order valence-electron chi connectivity index (χ2n) is 9.07. The number of nitrogens with zero attached hydrogens (tertiary/aromatic N) is 4. The van der Waals surface area contributed by atoms with Crippen molar-refractivity contribution in [2.75, 3.05) is 39.0 Å². The fraction of sp³-hybridized carbons (Fsp3) is 0.400. The average molecular weight is 450 g/mol. The maximum absolute atomic E-state index is 14.8. The Bertz CT molecular complexity index is 1190. The minimum absolute atomic E-state index is 0.0295. The number of imidazole rings is 1. The largest absolute Gasteiger partial charge is 0.386 e. The van der Waals surface area contributed by atoms with Gasteiger partial charge in [0.15, 0.2) is 0 Å². The Morgan fingerprint density at radius 2 is 1.85 bits per heavy atom. The lowest BCUT2D eigenvalue weighted by Crippen LogP contribution is -2.60. The Morgan fingerprint density at radius 3 is 2.58 bits per heavy atom. The lowest BCUT2D eigenvalue weighted by atomic mass is 9.95. The Labute approximate surface area is 194 Å². The fourth-order valence-electron chi connectivity index (χ4n) is 5.09. The van der Waals surface area contributed by atoms with Gasteiger partial charge in [-0.3, -0.25) is 10.2 Å². The van der Waals surface area contributed by atoms with Gasteiger partial charge in [-0.2, -0.15) is 0 Å². The zero-order valence-electron chi connectivity index (χ0n) is 19.5. The molecule has 2 aromatic carbocycles. The number of nitrogens with two attached hydrogens (primary N) is 1. The summed E-state index contributed by atoms with van der Waals surface area (Å²) in [5.41, 5.74) is 12.8. The van der Waals surface area contributed by atoms with E-state index < -0.39 is 0 Å². The summed E-state index contributed by atoms with van der Waals surface area (Å²) in [4.78, 5) is 9.21. The monoisotopic (exact) mass is 449 g/mol. The van der Waals surface area contributed by atoms with Crippen LogP contribution in [0.3, 0.4) is 0 Å². The predicted molar refractivity (Wildman–Crippen MR) is 132 cm³/mol. The number of likely N-dealkylation sites (tertiary alicyclic amines) is 1. The van der Waals surface area contributed by atoms with E-state index in [-0.39, 0.29) is 18.1 Å². The summed E-state index contributed by atoms with van der Waals surface area (Å²) in [6.07, 6.45) is 3.83. The molecule has 1 saturated heterocycles. The smallest absolute Gasteiger partial charge is 0.146 e. The van der Waals surface area contributed by atoms with Crippen LogP contribution in [-0.4, -0.2) is 65.4 Å². The minimum atomic E-state index is -0.255. The van der Waals surface area contributed by atoms with Crippen molar-refractivity contribution in [3.05, 3.63) is 59.7 Å². The maximum Gasteiger partial charge on any atom is 0.146 e. The number of hydrogen-bond acceptors (Lipinski definition) is 6. The molecule has 0 bridgehead atoms. The molecular weight excluding hydrogens is 417 g/mol. The lowest BCUT2D eigenvalue weighted by Gasteiger charge is -2.46.